The van der Waals surface area contributed by atoms with E-state index in [1.807, 2.05) is 0 Å². The molecule has 0 atom stereocenters. The predicted octanol–water partition coefficient (Wildman–Crippen LogP) is 2.75. The van der Waals surface area contributed by atoms with Crippen LogP contribution in [0, 0.1) is 0 Å². The molecule has 0 saturated heterocycles. The fourth-order valence-corrected chi connectivity index (χ4v) is 2.39. The SMILES string of the molecule is COc1ccc(-n2ncc(N/N=C\c3ccc(O)c(O)c3)c(Cl)c2=O)cc1. The molecule has 9 heteroatoms. The average Bonchev–Trinajstić information content (AvgIpc) is 2.68. The van der Waals surface area contributed by atoms with Gasteiger partial charge >= 0.3 is 0 Å². The Morgan fingerprint density at radius 1 is 1.19 bits per heavy atom. The largest absolute Gasteiger partial charge is 0.504 e. The number of hydrogen-bond acceptors (Lipinski definition) is 7. The number of methoxy groups -OCH3 is 1. The molecule has 0 aliphatic heterocycles. The molecule has 0 fully saturated rings. The van der Waals surface area contributed by atoms with Gasteiger partial charge in [-0.25, -0.2) is 0 Å². The van der Waals surface area contributed by atoms with Crippen molar-refractivity contribution in [3.05, 3.63) is 69.6 Å². The first-order valence-electron chi connectivity index (χ1n) is 7.73. The van der Waals surface area contributed by atoms with Gasteiger partial charge in [0.15, 0.2) is 11.5 Å². The Hall–Kier alpha value is -3.52. The third-order valence-electron chi connectivity index (χ3n) is 3.63. The second-order valence-electron chi connectivity index (χ2n) is 5.41. The maximum absolute atomic E-state index is 12.4. The smallest absolute Gasteiger partial charge is 0.292 e. The highest BCUT2D eigenvalue weighted by atomic mass is 35.5. The number of nitrogens with one attached hydrogen (secondary N) is 1. The van der Waals surface area contributed by atoms with Crippen LogP contribution >= 0.6 is 11.6 Å². The van der Waals surface area contributed by atoms with E-state index in [1.54, 1.807) is 37.4 Å². The zero-order chi connectivity index (χ0) is 19.4. The molecule has 0 aliphatic carbocycles. The van der Waals surface area contributed by atoms with Gasteiger partial charge in [-0.05, 0) is 48.0 Å². The summed E-state index contributed by atoms with van der Waals surface area (Å²) in [5, 5.41) is 26.7. The predicted molar refractivity (Wildman–Crippen MR) is 102 cm³/mol. The van der Waals surface area contributed by atoms with E-state index < -0.39 is 5.56 Å². The van der Waals surface area contributed by atoms with E-state index in [1.165, 1.54) is 24.5 Å². The summed E-state index contributed by atoms with van der Waals surface area (Å²) in [6.45, 7) is 0. The van der Waals surface area contributed by atoms with Crippen LogP contribution in [0.1, 0.15) is 5.56 Å². The van der Waals surface area contributed by atoms with Crippen LogP contribution in [0.4, 0.5) is 5.69 Å². The van der Waals surface area contributed by atoms with Crippen molar-refractivity contribution in [2.45, 2.75) is 0 Å². The van der Waals surface area contributed by atoms with E-state index in [9.17, 15) is 15.0 Å². The second kappa shape index (κ2) is 7.79. The molecule has 0 saturated carbocycles. The molecule has 0 bridgehead atoms. The Balaban J connectivity index is 1.81. The molecule has 3 N–H and O–H groups in total. The zero-order valence-electron chi connectivity index (χ0n) is 14.1. The van der Waals surface area contributed by atoms with E-state index in [2.05, 4.69) is 15.6 Å². The molecule has 3 aromatic rings. The quantitative estimate of drug-likeness (QED) is 0.353. The van der Waals surface area contributed by atoms with Crippen molar-refractivity contribution < 1.29 is 14.9 Å². The van der Waals surface area contributed by atoms with Crippen molar-refractivity contribution in [1.82, 2.24) is 9.78 Å². The molecule has 138 valence electrons. The van der Waals surface area contributed by atoms with Crippen LogP contribution in [-0.2, 0) is 0 Å². The molecule has 3 rings (SSSR count). The standard InChI is InChI=1S/C18H15ClN4O4/c1-27-13-5-3-12(4-6-13)23-18(26)17(19)14(10-21-23)22-20-9-11-2-7-15(24)16(25)8-11/h2-10,22,24-25H,1H3/b20-9-. The minimum absolute atomic E-state index is 0.0773. The van der Waals surface area contributed by atoms with Crippen molar-refractivity contribution in [3.63, 3.8) is 0 Å². The minimum Gasteiger partial charge on any atom is -0.504 e. The molecule has 0 aliphatic rings. The molecule has 0 unspecified atom stereocenters. The number of phenols is 2. The molecule has 8 nitrogen and oxygen atoms in total. The maximum Gasteiger partial charge on any atom is 0.292 e. The van der Waals surface area contributed by atoms with Gasteiger partial charge in [-0.1, -0.05) is 11.6 Å². The number of nitrogens with zero attached hydrogens (tertiary/aromatic N) is 3. The summed E-state index contributed by atoms with van der Waals surface area (Å²) in [7, 11) is 1.55. The Labute approximate surface area is 158 Å². The first-order valence-corrected chi connectivity index (χ1v) is 8.10. The highest BCUT2D eigenvalue weighted by Gasteiger charge is 2.10. The summed E-state index contributed by atoms with van der Waals surface area (Å²) in [6, 6.07) is 11.0. The van der Waals surface area contributed by atoms with Crippen LogP contribution < -0.4 is 15.7 Å². The normalized spacial score (nSPS) is 10.9. The summed E-state index contributed by atoms with van der Waals surface area (Å²) in [5.74, 6) is 0.168. The topological polar surface area (TPSA) is 109 Å². The van der Waals surface area contributed by atoms with Crippen LogP contribution in [0.25, 0.3) is 5.69 Å². The lowest BCUT2D eigenvalue weighted by Gasteiger charge is -2.08. The van der Waals surface area contributed by atoms with Gasteiger partial charge in [0, 0.05) is 0 Å². The van der Waals surface area contributed by atoms with Crippen LogP contribution in [0.5, 0.6) is 17.2 Å². The maximum atomic E-state index is 12.4. The van der Waals surface area contributed by atoms with Crippen molar-refractivity contribution in [2.24, 2.45) is 5.10 Å². The Kier molecular flexibility index (Phi) is 5.28. The van der Waals surface area contributed by atoms with Crippen LogP contribution in [0.15, 0.2) is 58.6 Å². The Bertz CT molecular complexity index is 1050. The zero-order valence-corrected chi connectivity index (χ0v) is 14.9. The van der Waals surface area contributed by atoms with E-state index >= 15 is 0 Å². The third kappa shape index (κ3) is 4.01. The molecular weight excluding hydrogens is 372 g/mol. The van der Waals surface area contributed by atoms with Crippen molar-refractivity contribution in [3.8, 4) is 22.9 Å². The first kappa shape index (κ1) is 18.3. The van der Waals surface area contributed by atoms with Gasteiger partial charge in [-0.2, -0.15) is 14.9 Å². The lowest BCUT2D eigenvalue weighted by Crippen LogP contribution is -2.22. The average molecular weight is 387 g/mol. The van der Waals surface area contributed by atoms with E-state index in [-0.39, 0.29) is 22.2 Å². The van der Waals surface area contributed by atoms with Gasteiger partial charge in [0.25, 0.3) is 5.56 Å². The van der Waals surface area contributed by atoms with E-state index in [0.717, 1.165) is 4.68 Å². The Morgan fingerprint density at radius 2 is 1.93 bits per heavy atom. The number of halogens is 1. The number of phenolic OH excluding ortho intramolecular Hbond substituents is 2. The minimum atomic E-state index is -0.510. The number of benzene rings is 2. The number of rotatable bonds is 5. The van der Waals surface area contributed by atoms with Gasteiger partial charge in [-0.3, -0.25) is 10.2 Å². The van der Waals surface area contributed by atoms with Crippen molar-refractivity contribution in [2.75, 3.05) is 12.5 Å². The summed E-state index contributed by atoms with van der Waals surface area (Å²) >= 11 is 6.13. The molecule has 0 spiro atoms. The van der Waals surface area contributed by atoms with Gasteiger partial charge in [0.1, 0.15) is 16.5 Å². The van der Waals surface area contributed by atoms with Crippen LogP contribution in [0.3, 0.4) is 0 Å². The van der Waals surface area contributed by atoms with Crippen molar-refractivity contribution >= 4 is 23.5 Å². The summed E-state index contributed by atoms with van der Waals surface area (Å²) in [4.78, 5) is 12.4. The van der Waals surface area contributed by atoms with Gasteiger partial charge in [-0.15, -0.1) is 0 Å². The highest BCUT2D eigenvalue weighted by Crippen LogP contribution is 2.24. The fourth-order valence-electron chi connectivity index (χ4n) is 2.22. The lowest BCUT2D eigenvalue weighted by atomic mass is 10.2. The molecular formula is C18H15ClN4O4. The molecule has 0 amide bonds. The summed E-state index contributed by atoms with van der Waals surface area (Å²) < 4.78 is 6.24. The lowest BCUT2D eigenvalue weighted by molar-refractivity contribution is 0.403. The number of hydrazone groups is 1. The number of anilines is 1. The summed E-state index contributed by atoms with van der Waals surface area (Å²) in [6.07, 6.45) is 2.77. The number of ether oxygens (including phenoxy) is 1. The van der Waals surface area contributed by atoms with Crippen molar-refractivity contribution in [1.29, 1.82) is 0 Å². The van der Waals surface area contributed by atoms with E-state index in [4.69, 9.17) is 16.3 Å². The molecule has 1 aromatic heterocycles. The molecule has 0 radical (unpaired) electrons. The number of aromatic hydroxyl groups is 2. The summed E-state index contributed by atoms with van der Waals surface area (Å²) in [5.41, 5.74) is 3.42. The van der Waals surface area contributed by atoms with E-state index in [0.29, 0.717) is 17.0 Å². The highest BCUT2D eigenvalue weighted by molar-refractivity contribution is 6.32. The number of hydrogen-bond donors (Lipinski definition) is 3. The molecule has 2 aromatic carbocycles. The first-order chi connectivity index (χ1) is 13.0. The molecule has 1 heterocycles. The Morgan fingerprint density at radius 3 is 2.59 bits per heavy atom. The van der Waals surface area contributed by atoms with Gasteiger partial charge in [0.05, 0.1) is 25.2 Å². The van der Waals surface area contributed by atoms with Crippen LogP contribution in [-0.4, -0.2) is 33.3 Å². The number of aromatic nitrogens is 2. The van der Waals surface area contributed by atoms with Gasteiger partial charge < -0.3 is 14.9 Å². The van der Waals surface area contributed by atoms with Crippen LogP contribution in [0.2, 0.25) is 5.02 Å². The fraction of sp³-hybridized carbons (Fsp3) is 0.0556. The van der Waals surface area contributed by atoms with Gasteiger partial charge in [0.2, 0.25) is 0 Å². The molecule has 27 heavy (non-hydrogen) atoms. The third-order valence-corrected chi connectivity index (χ3v) is 4.00. The second-order valence-corrected chi connectivity index (χ2v) is 5.78. The monoisotopic (exact) mass is 386 g/mol.